The average molecular weight is 231 g/mol. The third-order valence-corrected chi connectivity index (χ3v) is 2.77. The van der Waals surface area contributed by atoms with Crippen molar-refractivity contribution >= 4 is 11.6 Å². The van der Waals surface area contributed by atoms with Gasteiger partial charge in [0, 0.05) is 24.7 Å². The number of amides is 1. The molecule has 0 saturated carbocycles. The van der Waals surface area contributed by atoms with Crippen molar-refractivity contribution in [3.8, 4) is 11.8 Å². The Labute approximate surface area is 99.4 Å². The van der Waals surface area contributed by atoms with E-state index in [1.54, 1.807) is 23.1 Å². The number of methoxy groups -OCH3 is 1. The van der Waals surface area contributed by atoms with E-state index in [-0.39, 0.29) is 11.9 Å². The first-order valence-electron chi connectivity index (χ1n) is 5.29. The Morgan fingerprint density at radius 1 is 1.59 bits per heavy atom. The fourth-order valence-corrected chi connectivity index (χ4v) is 1.94. The molecule has 2 N–H and O–H groups in total. The molecule has 0 aromatic heterocycles. The second kappa shape index (κ2) is 4.44. The number of rotatable bonds is 2. The van der Waals surface area contributed by atoms with Crippen LogP contribution < -0.4 is 15.4 Å². The van der Waals surface area contributed by atoms with E-state index in [0.29, 0.717) is 30.0 Å². The molecule has 0 radical (unpaired) electrons. The van der Waals surface area contributed by atoms with E-state index in [1.807, 2.05) is 6.07 Å². The van der Waals surface area contributed by atoms with Crippen molar-refractivity contribution in [2.24, 2.45) is 5.73 Å². The van der Waals surface area contributed by atoms with Gasteiger partial charge < -0.3 is 15.4 Å². The summed E-state index contributed by atoms with van der Waals surface area (Å²) in [6.07, 6.45) is 0.355. The molecule has 1 fully saturated rings. The predicted octanol–water partition coefficient (Wildman–Crippen LogP) is 0.631. The number of ether oxygens (including phenoxy) is 1. The van der Waals surface area contributed by atoms with E-state index in [4.69, 9.17) is 15.7 Å². The van der Waals surface area contributed by atoms with Crippen LogP contribution in [0.3, 0.4) is 0 Å². The summed E-state index contributed by atoms with van der Waals surface area (Å²) in [6, 6.07) is 7.01. The lowest BCUT2D eigenvalue weighted by molar-refractivity contribution is -0.117. The summed E-state index contributed by atoms with van der Waals surface area (Å²) >= 11 is 0. The molecule has 0 spiro atoms. The molecule has 0 bridgehead atoms. The Bertz CT molecular complexity index is 493. The summed E-state index contributed by atoms with van der Waals surface area (Å²) in [6.45, 7) is 0.496. The van der Waals surface area contributed by atoms with Crippen LogP contribution in [0.15, 0.2) is 18.2 Å². The topological polar surface area (TPSA) is 79.3 Å². The Morgan fingerprint density at radius 3 is 2.88 bits per heavy atom. The monoisotopic (exact) mass is 231 g/mol. The van der Waals surface area contributed by atoms with Gasteiger partial charge in [-0.15, -0.1) is 0 Å². The smallest absolute Gasteiger partial charge is 0.228 e. The van der Waals surface area contributed by atoms with Crippen molar-refractivity contribution in [2.45, 2.75) is 12.5 Å². The van der Waals surface area contributed by atoms with E-state index in [2.05, 4.69) is 0 Å². The molecule has 1 unspecified atom stereocenters. The summed E-state index contributed by atoms with van der Waals surface area (Å²) in [5.74, 6) is 0.499. The molecule has 1 saturated heterocycles. The first-order chi connectivity index (χ1) is 8.15. The van der Waals surface area contributed by atoms with Gasteiger partial charge in [-0.05, 0) is 18.2 Å². The minimum atomic E-state index is -0.130. The van der Waals surface area contributed by atoms with Gasteiger partial charge in [-0.1, -0.05) is 0 Å². The van der Waals surface area contributed by atoms with E-state index < -0.39 is 0 Å². The Kier molecular flexibility index (Phi) is 2.98. The van der Waals surface area contributed by atoms with E-state index in [0.717, 1.165) is 0 Å². The number of anilines is 1. The summed E-state index contributed by atoms with van der Waals surface area (Å²) in [5, 5.41) is 8.98. The van der Waals surface area contributed by atoms with Gasteiger partial charge in [-0.2, -0.15) is 5.26 Å². The van der Waals surface area contributed by atoms with Gasteiger partial charge in [-0.3, -0.25) is 4.79 Å². The van der Waals surface area contributed by atoms with Crippen molar-refractivity contribution in [3.05, 3.63) is 23.8 Å². The normalized spacial score (nSPS) is 19.2. The van der Waals surface area contributed by atoms with Gasteiger partial charge in [0.2, 0.25) is 5.91 Å². The first-order valence-corrected chi connectivity index (χ1v) is 5.29. The fourth-order valence-electron chi connectivity index (χ4n) is 1.94. The molecule has 88 valence electrons. The van der Waals surface area contributed by atoms with Crippen LogP contribution in [-0.4, -0.2) is 25.6 Å². The van der Waals surface area contributed by atoms with Gasteiger partial charge in [0.25, 0.3) is 0 Å². The van der Waals surface area contributed by atoms with Crippen molar-refractivity contribution in [2.75, 3.05) is 18.6 Å². The zero-order valence-corrected chi connectivity index (χ0v) is 9.51. The number of hydrogen-bond donors (Lipinski definition) is 1. The Morgan fingerprint density at radius 2 is 2.35 bits per heavy atom. The maximum atomic E-state index is 11.7. The molecular formula is C12H13N3O2. The van der Waals surface area contributed by atoms with Crippen LogP contribution in [0.5, 0.6) is 5.75 Å². The van der Waals surface area contributed by atoms with E-state index in [9.17, 15) is 4.79 Å². The molecule has 1 aromatic carbocycles. The zero-order valence-electron chi connectivity index (χ0n) is 9.51. The summed E-state index contributed by atoms with van der Waals surface area (Å²) in [5.41, 5.74) is 6.84. The molecule has 1 atom stereocenters. The fraction of sp³-hybridized carbons (Fsp3) is 0.333. The van der Waals surface area contributed by atoms with Crippen molar-refractivity contribution in [3.63, 3.8) is 0 Å². The lowest BCUT2D eigenvalue weighted by atomic mass is 10.2. The summed E-state index contributed by atoms with van der Waals surface area (Å²) < 4.78 is 5.05. The van der Waals surface area contributed by atoms with Crippen LogP contribution in [0, 0.1) is 11.3 Å². The quantitative estimate of drug-likeness (QED) is 0.809. The minimum Gasteiger partial charge on any atom is -0.495 e. The van der Waals surface area contributed by atoms with Gasteiger partial charge >= 0.3 is 0 Å². The van der Waals surface area contributed by atoms with Gasteiger partial charge in [0.05, 0.1) is 12.7 Å². The van der Waals surface area contributed by atoms with Crippen molar-refractivity contribution in [1.82, 2.24) is 0 Å². The molecule has 1 aliphatic rings. The summed E-state index contributed by atoms with van der Waals surface area (Å²) in [4.78, 5) is 13.3. The standard InChI is InChI=1S/C12H13N3O2/c1-17-11-3-2-10(4-8(11)6-13)15-7-9(14)5-12(15)16/h2-4,9H,5,7,14H2,1H3. The average Bonchev–Trinajstić information content (AvgIpc) is 2.67. The molecule has 5 nitrogen and oxygen atoms in total. The maximum Gasteiger partial charge on any atom is 0.228 e. The van der Waals surface area contributed by atoms with Gasteiger partial charge in [0.15, 0.2) is 0 Å². The molecule has 1 aromatic rings. The number of carbonyl (C=O) groups is 1. The molecule has 1 heterocycles. The lowest BCUT2D eigenvalue weighted by Crippen LogP contribution is -2.27. The van der Waals surface area contributed by atoms with Gasteiger partial charge in [-0.25, -0.2) is 0 Å². The molecule has 0 aliphatic carbocycles. The highest BCUT2D eigenvalue weighted by molar-refractivity contribution is 5.96. The molecular weight excluding hydrogens is 218 g/mol. The van der Waals surface area contributed by atoms with Gasteiger partial charge in [0.1, 0.15) is 11.8 Å². The molecule has 17 heavy (non-hydrogen) atoms. The number of carbonyl (C=O) groups excluding carboxylic acids is 1. The highest BCUT2D eigenvalue weighted by Crippen LogP contribution is 2.27. The van der Waals surface area contributed by atoms with E-state index in [1.165, 1.54) is 7.11 Å². The minimum absolute atomic E-state index is 0.00782. The zero-order chi connectivity index (χ0) is 12.4. The maximum absolute atomic E-state index is 11.7. The number of benzene rings is 1. The largest absolute Gasteiger partial charge is 0.495 e. The second-order valence-electron chi connectivity index (χ2n) is 3.96. The number of hydrogen-bond acceptors (Lipinski definition) is 4. The first kappa shape index (κ1) is 11.4. The van der Waals surface area contributed by atoms with Crippen LogP contribution in [0.2, 0.25) is 0 Å². The SMILES string of the molecule is COc1ccc(N2CC(N)CC2=O)cc1C#N. The number of nitrogens with two attached hydrogens (primary N) is 1. The third-order valence-electron chi connectivity index (χ3n) is 2.77. The molecule has 1 amide bonds. The van der Waals surface area contributed by atoms with Crippen LogP contribution >= 0.6 is 0 Å². The van der Waals surface area contributed by atoms with Crippen molar-refractivity contribution in [1.29, 1.82) is 5.26 Å². The second-order valence-corrected chi connectivity index (χ2v) is 3.96. The van der Waals surface area contributed by atoms with Crippen molar-refractivity contribution < 1.29 is 9.53 Å². The van der Waals surface area contributed by atoms with Crippen LogP contribution in [-0.2, 0) is 4.79 Å². The summed E-state index contributed by atoms with van der Waals surface area (Å²) in [7, 11) is 1.51. The highest BCUT2D eigenvalue weighted by atomic mass is 16.5. The highest BCUT2D eigenvalue weighted by Gasteiger charge is 2.28. The molecule has 5 heteroatoms. The van der Waals surface area contributed by atoms with Crippen LogP contribution in [0.4, 0.5) is 5.69 Å². The Hall–Kier alpha value is -2.06. The van der Waals surface area contributed by atoms with E-state index >= 15 is 0 Å². The third kappa shape index (κ3) is 2.08. The Balaban J connectivity index is 2.35. The lowest BCUT2D eigenvalue weighted by Gasteiger charge is -2.17. The molecule has 1 aliphatic heterocycles. The van der Waals surface area contributed by atoms with Crippen LogP contribution in [0.1, 0.15) is 12.0 Å². The molecule has 2 rings (SSSR count). The van der Waals surface area contributed by atoms with Crippen LogP contribution in [0.25, 0.3) is 0 Å². The number of nitrogens with zero attached hydrogens (tertiary/aromatic N) is 2. The predicted molar refractivity (Wildman–Crippen MR) is 62.7 cm³/mol. The number of nitriles is 1.